The van der Waals surface area contributed by atoms with E-state index in [0.29, 0.717) is 6.61 Å². The summed E-state index contributed by atoms with van der Waals surface area (Å²) in [5, 5.41) is 0. The number of hydrogen-bond donors (Lipinski definition) is 2. The van der Waals surface area contributed by atoms with Gasteiger partial charge >= 0.3 is 0 Å². The number of halogens is 2. The SMILES string of the molecule is COc1ccc(-c2cc(OC[C@@H]([NH3+])CCC[NH3+])cc(-c3ccc(OC)cc3)c2)cc1.[Cl-].[Cl-]. The van der Waals surface area contributed by atoms with Gasteiger partial charge in [-0.3, -0.25) is 0 Å². The van der Waals surface area contributed by atoms with Crippen LogP contribution >= 0.6 is 0 Å². The zero-order chi connectivity index (χ0) is 21.3. The maximum Gasteiger partial charge on any atom is 0.140 e. The molecule has 0 radical (unpaired) electrons. The summed E-state index contributed by atoms with van der Waals surface area (Å²) < 4.78 is 16.7. The van der Waals surface area contributed by atoms with E-state index >= 15 is 0 Å². The van der Waals surface area contributed by atoms with Gasteiger partial charge in [0, 0.05) is 12.8 Å². The second-order valence-electron chi connectivity index (χ2n) is 7.38. The molecule has 3 rings (SSSR count). The molecule has 0 saturated carbocycles. The van der Waals surface area contributed by atoms with Gasteiger partial charge in [0.2, 0.25) is 0 Å². The number of hydrogen-bond acceptors (Lipinski definition) is 3. The van der Waals surface area contributed by atoms with Gasteiger partial charge in [-0.05, 0) is 64.7 Å². The predicted molar refractivity (Wildman–Crippen MR) is 120 cm³/mol. The molecular formula is C25H32Cl2N2O3. The standard InChI is InChI=1S/C25H30N2O3.2ClH/c1-28-23-9-5-18(6-10-23)20-14-21(19-7-11-24(29-2)12-8-19)16-25(15-20)30-17-22(27)4-3-13-26;;/h5-12,14-16,22H,3-4,13,17,26-27H2,1-2H3;2*1H/t22-;;/m0../s1. The largest absolute Gasteiger partial charge is 1.00 e. The fraction of sp³-hybridized carbons (Fsp3) is 0.280. The van der Waals surface area contributed by atoms with Crippen LogP contribution in [0.5, 0.6) is 17.2 Å². The van der Waals surface area contributed by atoms with Gasteiger partial charge in [-0.2, -0.15) is 0 Å². The Labute approximate surface area is 202 Å². The van der Waals surface area contributed by atoms with Gasteiger partial charge in [0.15, 0.2) is 0 Å². The predicted octanol–water partition coefficient (Wildman–Crippen LogP) is -2.94. The fourth-order valence-corrected chi connectivity index (χ4v) is 3.31. The van der Waals surface area contributed by atoms with Crippen molar-refractivity contribution >= 4 is 0 Å². The van der Waals surface area contributed by atoms with Crippen molar-refractivity contribution in [3.63, 3.8) is 0 Å². The topological polar surface area (TPSA) is 83.0 Å². The van der Waals surface area contributed by atoms with Crippen LogP contribution in [0, 0.1) is 0 Å². The Morgan fingerprint density at radius 2 is 1.16 bits per heavy atom. The molecule has 0 spiro atoms. The molecule has 0 saturated heterocycles. The monoisotopic (exact) mass is 478 g/mol. The second kappa shape index (κ2) is 13.9. The molecule has 0 bridgehead atoms. The third-order valence-corrected chi connectivity index (χ3v) is 5.10. The molecule has 0 aliphatic carbocycles. The lowest BCUT2D eigenvalue weighted by Gasteiger charge is -2.14. The van der Waals surface area contributed by atoms with Crippen molar-refractivity contribution in [1.82, 2.24) is 0 Å². The molecule has 0 aliphatic heterocycles. The summed E-state index contributed by atoms with van der Waals surface area (Å²) in [6.45, 7) is 1.52. The maximum atomic E-state index is 6.15. The minimum absolute atomic E-state index is 0. The first kappa shape index (κ1) is 27.6. The van der Waals surface area contributed by atoms with Gasteiger partial charge in [-0.15, -0.1) is 0 Å². The molecule has 6 N–H and O–H groups in total. The molecule has 1 atom stereocenters. The van der Waals surface area contributed by atoms with Crippen LogP contribution in [0.4, 0.5) is 0 Å². The lowest BCUT2D eigenvalue weighted by atomic mass is 9.98. The number of quaternary nitrogens is 2. The Bertz CT molecular complexity index is 869. The quantitative estimate of drug-likeness (QED) is 0.327. The van der Waals surface area contributed by atoms with E-state index in [4.69, 9.17) is 14.2 Å². The Balaban J connectivity index is 0.00000256. The molecular weight excluding hydrogens is 447 g/mol. The van der Waals surface area contributed by atoms with E-state index in [1.54, 1.807) is 14.2 Å². The first-order valence-electron chi connectivity index (χ1n) is 10.3. The van der Waals surface area contributed by atoms with E-state index in [9.17, 15) is 0 Å². The van der Waals surface area contributed by atoms with E-state index in [2.05, 4.69) is 53.9 Å². The van der Waals surface area contributed by atoms with Crippen LogP contribution in [0.15, 0.2) is 66.7 Å². The molecule has 0 aliphatic rings. The average Bonchev–Trinajstić information content (AvgIpc) is 2.81. The van der Waals surface area contributed by atoms with E-state index < -0.39 is 0 Å². The Morgan fingerprint density at radius 3 is 1.56 bits per heavy atom. The zero-order valence-electron chi connectivity index (χ0n) is 18.7. The second-order valence-corrected chi connectivity index (χ2v) is 7.38. The zero-order valence-corrected chi connectivity index (χ0v) is 20.2. The average molecular weight is 479 g/mol. The summed E-state index contributed by atoms with van der Waals surface area (Å²) in [6.07, 6.45) is 2.09. The number of methoxy groups -OCH3 is 2. The lowest BCUT2D eigenvalue weighted by molar-refractivity contribution is -0.429. The highest BCUT2D eigenvalue weighted by Crippen LogP contribution is 2.33. The van der Waals surface area contributed by atoms with Gasteiger partial charge in [0.05, 0.1) is 20.8 Å². The summed E-state index contributed by atoms with van der Waals surface area (Å²) in [7, 11) is 3.35. The van der Waals surface area contributed by atoms with Gasteiger partial charge in [0.25, 0.3) is 0 Å². The highest BCUT2D eigenvalue weighted by Gasteiger charge is 2.11. The van der Waals surface area contributed by atoms with E-state index in [0.717, 1.165) is 58.9 Å². The van der Waals surface area contributed by atoms with Crippen LogP contribution in [0.1, 0.15) is 12.8 Å². The van der Waals surface area contributed by atoms with Gasteiger partial charge < -0.3 is 50.5 Å². The van der Waals surface area contributed by atoms with Crippen molar-refractivity contribution in [3.05, 3.63) is 66.7 Å². The van der Waals surface area contributed by atoms with Gasteiger partial charge in [-0.1, -0.05) is 24.3 Å². The minimum Gasteiger partial charge on any atom is -1.00 e. The maximum absolute atomic E-state index is 6.15. The van der Waals surface area contributed by atoms with Crippen molar-refractivity contribution in [2.75, 3.05) is 27.4 Å². The molecule has 32 heavy (non-hydrogen) atoms. The van der Waals surface area contributed by atoms with Crippen molar-refractivity contribution in [2.24, 2.45) is 0 Å². The Kier molecular flexibility index (Phi) is 12.0. The summed E-state index contributed by atoms with van der Waals surface area (Å²) in [4.78, 5) is 0. The summed E-state index contributed by atoms with van der Waals surface area (Å²) in [5.41, 5.74) is 12.5. The van der Waals surface area contributed by atoms with Crippen molar-refractivity contribution in [3.8, 4) is 39.5 Å². The number of rotatable bonds is 10. The van der Waals surface area contributed by atoms with Crippen LogP contribution in [-0.2, 0) is 0 Å². The molecule has 0 unspecified atom stereocenters. The highest BCUT2D eigenvalue weighted by atomic mass is 35.5. The minimum atomic E-state index is 0. The summed E-state index contributed by atoms with van der Waals surface area (Å²) in [5.74, 6) is 2.52. The van der Waals surface area contributed by atoms with Crippen molar-refractivity contribution in [1.29, 1.82) is 0 Å². The van der Waals surface area contributed by atoms with E-state index in [1.165, 1.54) is 0 Å². The first-order valence-corrected chi connectivity index (χ1v) is 10.3. The smallest absolute Gasteiger partial charge is 0.140 e. The Hall–Kier alpha value is -2.44. The fourth-order valence-electron chi connectivity index (χ4n) is 3.31. The molecule has 0 heterocycles. The number of benzene rings is 3. The van der Waals surface area contributed by atoms with Crippen LogP contribution in [-0.4, -0.2) is 33.4 Å². The molecule has 0 fully saturated rings. The van der Waals surface area contributed by atoms with E-state index in [1.807, 2.05) is 24.3 Å². The third-order valence-electron chi connectivity index (χ3n) is 5.10. The van der Waals surface area contributed by atoms with Crippen molar-refractivity contribution in [2.45, 2.75) is 18.9 Å². The van der Waals surface area contributed by atoms with Crippen LogP contribution in [0.3, 0.4) is 0 Å². The van der Waals surface area contributed by atoms with E-state index in [-0.39, 0.29) is 30.9 Å². The van der Waals surface area contributed by atoms with Gasteiger partial charge in [-0.25, -0.2) is 0 Å². The van der Waals surface area contributed by atoms with Crippen molar-refractivity contribution < 1.29 is 50.5 Å². The molecule has 3 aromatic rings. The summed E-state index contributed by atoms with van der Waals surface area (Å²) in [6, 6.07) is 22.8. The van der Waals surface area contributed by atoms with Crippen LogP contribution in [0.2, 0.25) is 0 Å². The molecule has 5 nitrogen and oxygen atoms in total. The number of ether oxygens (including phenoxy) is 3. The third kappa shape index (κ3) is 7.61. The molecule has 0 aromatic heterocycles. The molecule has 3 aromatic carbocycles. The normalized spacial score (nSPS) is 11.0. The molecule has 0 amide bonds. The lowest BCUT2D eigenvalue weighted by Crippen LogP contribution is -3.00. The molecule has 174 valence electrons. The van der Waals surface area contributed by atoms with Crippen LogP contribution in [0.25, 0.3) is 22.3 Å². The van der Waals surface area contributed by atoms with Crippen LogP contribution < -0.4 is 50.5 Å². The highest BCUT2D eigenvalue weighted by molar-refractivity contribution is 5.75. The summed E-state index contributed by atoms with van der Waals surface area (Å²) >= 11 is 0. The molecule has 7 heteroatoms. The first-order chi connectivity index (χ1) is 14.6. The van der Waals surface area contributed by atoms with Gasteiger partial charge in [0.1, 0.15) is 29.9 Å². The Morgan fingerprint density at radius 1 is 0.688 bits per heavy atom.